The minimum Gasteiger partial charge on any atom is -0.490 e. The summed E-state index contributed by atoms with van der Waals surface area (Å²) < 4.78 is 5.66. The van der Waals surface area contributed by atoms with Crippen LogP contribution in [-0.2, 0) is 0 Å². The Morgan fingerprint density at radius 2 is 1.82 bits per heavy atom. The van der Waals surface area contributed by atoms with Crippen molar-refractivity contribution in [3.05, 3.63) is 29.8 Å². The highest BCUT2D eigenvalue weighted by Crippen LogP contribution is 2.31. The molecule has 0 amide bonds. The molecule has 0 radical (unpaired) electrons. The molecule has 3 rings (SSSR count). The second-order valence-corrected chi connectivity index (χ2v) is 5.27. The number of benzene rings is 1. The SMILES string of the molecule is O=C(CC1CCC1)c1ccc(OC2CC2)cc1. The van der Waals surface area contributed by atoms with Gasteiger partial charge in [-0.2, -0.15) is 0 Å². The maximum absolute atomic E-state index is 12.0. The van der Waals surface area contributed by atoms with E-state index in [1.54, 1.807) is 0 Å². The maximum Gasteiger partial charge on any atom is 0.163 e. The lowest BCUT2D eigenvalue weighted by atomic mass is 9.81. The Morgan fingerprint density at radius 3 is 2.35 bits per heavy atom. The van der Waals surface area contributed by atoms with Crippen LogP contribution in [0.25, 0.3) is 0 Å². The zero-order valence-corrected chi connectivity index (χ0v) is 10.0. The molecule has 0 aliphatic heterocycles. The van der Waals surface area contributed by atoms with Crippen molar-refractivity contribution in [3.8, 4) is 5.75 Å². The van der Waals surface area contributed by atoms with Crippen molar-refractivity contribution >= 4 is 5.78 Å². The van der Waals surface area contributed by atoms with Crippen LogP contribution in [0, 0.1) is 5.92 Å². The van der Waals surface area contributed by atoms with E-state index in [1.165, 1.54) is 32.1 Å². The third-order valence-electron chi connectivity index (χ3n) is 3.70. The van der Waals surface area contributed by atoms with Crippen molar-refractivity contribution in [1.29, 1.82) is 0 Å². The summed E-state index contributed by atoms with van der Waals surface area (Å²) in [7, 11) is 0. The van der Waals surface area contributed by atoms with E-state index in [1.807, 2.05) is 24.3 Å². The minimum absolute atomic E-state index is 0.285. The lowest BCUT2D eigenvalue weighted by Crippen LogP contribution is -2.15. The summed E-state index contributed by atoms with van der Waals surface area (Å²) in [6.45, 7) is 0. The third kappa shape index (κ3) is 2.68. The van der Waals surface area contributed by atoms with Gasteiger partial charge in [0.1, 0.15) is 5.75 Å². The lowest BCUT2D eigenvalue weighted by Gasteiger charge is -2.24. The molecule has 2 aliphatic carbocycles. The number of rotatable bonds is 5. The van der Waals surface area contributed by atoms with Gasteiger partial charge in [-0.3, -0.25) is 4.79 Å². The molecule has 0 atom stereocenters. The fourth-order valence-electron chi connectivity index (χ4n) is 2.17. The molecule has 17 heavy (non-hydrogen) atoms. The molecule has 2 nitrogen and oxygen atoms in total. The van der Waals surface area contributed by atoms with Crippen molar-refractivity contribution < 1.29 is 9.53 Å². The molecule has 0 bridgehead atoms. The van der Waals surface area contributed by atoms with Gasteiger partial charge in [0.25, 0.3) is 0 Å². The topological polar surface area (TPSA) is 26.3 Å². The Morgan fingerprint density at radius 1 is 1.12 bits per heavy atom. The second kappa shape index (κ2) is 4.52. The molecule has 90 valence electrons. The Labute approximate surface area is 102 Å². The first-order chi connectivity index (χ1) is 8.31. The molecule has 1 aromatic rings. The molecule has 2 saturated carbocycles. The van der Waals surface area contributed by atoms with E-state index in [2.05, 4.69) is 0 Å². The van der Waals surface area contributed by atoms with Gasteiger partial charge in [-0.05, 0) is 43.0 Å². The highest BCUT2D eigenvalue weighted by Gasteiger charge is 2.24. The predicted molar refractivity (Wildman–Crippen MR) is 66.4 cm³/mol. The smallest absolute Gasteiger partial charge is 0.163 e. The molecule has 2 heteroatoms. The first kappa shape index (κ1) is 10.8. The minimum atomic E-state index is 0.285. The monoisotopic (exact) mass is 230 g/mol. The molecular weight excluding hydrogens is 212 g/mol. The highest BCUT2D eigenvalue weighted by atomic mass is 16.5. The van der Waals surface area contributed by atoms with E-state index in [9.17, 15) is 4.79 Å². The highest BCUT2D eigenvalue weighted by molar-refractivity contribution is 5.96. The summed E-state index contributed by atoms with van der Waals surface area (Å²) in [5.74, 6) is 1.82. The molecule has 0 N–H and O–H groups in total. The van der Waals surface area contributed by atoms with Crippen molar-refractivity contribution in [2.75, 3.05) is 0 Å². The van der Waals surface area contributed by atoms with Gasteiger partial charge in [0.05, 0.1) is 6.10 Å². The summed E-state index contributed by atoms with van der Waals surface area (Å²) in [6, 6.07) is 7.65. The largest absolute Gasteiger partial charge is 0.490 e. The molecule has 0 spiro atoms. The summed E-state index contributed by atoms with van der Waals surface area (Å²) in [6.07, 6.45) is 7.25. The Balaban J connectivity index is 1.59. The number of carbonyl (C=O) groups excluding carboxylic acids is 1. The molecular formula is C15H18O2. The first-order valence-corrected chi connectivity index (χ1v) is 6.61. The maximum atomic E-state index is 12.0. The quantitative estimate of drug-likeness (QED) is 0.722. The van der Waals surface area contributed by atoms with Gasteiger partial charge >= 0.3 is 0 Å². The van der Waals surface area contributed by atoms with Crippen LogP contribution in [0.3, 0.4) is 0 Å². The van der Waals surface area contributed by atoms with Crippen LogP contribution in [0.15, 0.2) is 24.3 Å². The average molecular weight is 230 g/mol. The van der Waals surface area contributed by atoms with Gasteiger partial charge < -0.3 is 4.74 Å². The summed E-state index contributed by atoms with van der Waals surface area (Å²) in [5, 5.41) is 0. The number of carbonyl (C=O) groups is 1. The number of hydrogen-bond acceptors (Lipinski definition) is 2. The van der Waals surface area contributed by atoms with Gasteiger partial charge in [0.15, 0.2) is 5.78 Å². The van der Waals surface area contributed by atoms with Crippen molar-refractivity contribution in [2.24, 2.45) is 5.92 Å². The van der Waals surface area contributed by atoms with Crippen LogP contribution < -0.4 is 4.74 Å². The Hall–Kier alpha value is -1.31. The normalized spacial score (nSPS) is 19.8. The van der Waals surface area contributed by atoms with Crippen LogP contribution in [0.5, 0.6) is 5.75 Å². The van der Waals surface area contributed by atoms with Crippen molar-refractivity contribution in [1.82, 2.24) is 0 Å². The first-order valence-electron chi connectivity index (χ1n) is 6.61. The molecule has 0 aromatic heterocycles. The number of ether oxygens (including phenoxy) is 1. The fraction of sp³-hybridized carbons (Fsp3) is 0.533. The van der Waals surface area contributed by atoms with Crippen LogP contribution >= 0.6 is 0 Å². The Kier molecular flexibility index (Phi) is 2.87. The number of Topliss-reactive ketones (excluding diaryl/α,β-unsaturated/α-hetero) is 1. The lowest BCUT2D eigenvalue weighted by molar-refractivity contribution is 0.0936. The van der Waals surface area contributed by atoms with Crippen LogP contribution in [0.4, 0.5) is 0 Å². The molecule has 2 fully saturated rings. The number of ketones is 1. The molecule has 0 unspecified atom stereocenters. The molecule has 0 saturated heterocycles. The average Bonchev–Trinajstić information content (AvgIpc) is 3.08. The van der Waals surface area contributed by atoms with Gasteiger partial charge in [-0.15, -0.1) is 0 Å². The van der Waals surface area contributed by atoms with Gasteiger partial charge in [0, 0.05) is 12.0 Å². The number of hydrogen-bond donors (Lipinski definition) is 0. The van der Waals surface area contributed by atoms with E-state index in [-0.39, 0.29) is 5.78 Å². The predicted octanol–water partition coefficient (Wildman–Crippen LogP) is 3.60. The van der Waals surface area contributed by atoms with Crippen LogP contribution in [0.2, 0.25) is 0 Å². The second-order valence-electron chi connectivity index (χ2n) is 5.27. The van der Waals surface area contributed by atoms with E-state index < -0.39 is 0 Å². The van der Waals surface area contributed by atoms with E-state index in [4.69, 9.17) is 4.74 Å². The molecule has 0 heterocycles. The summed E-state index contributed by atoms with van der Waals surface area (Å²) in [4.78, 5) is 12.0. The molecule has 2 aliphatic rings. The van der Waals surface area contributed by atoms with Gasteiger partial charge in [0.2, 0.25) is 0 Å². The zero-order chi connectivity index (χ0) is 11.7. The van der Waals surface area contributed by atoms with Crippen molar-refractivity contribution in [2.45, 2.75) is 44.6 Å². The molecule has 1 aromatic carbocycles. The Bertz CT molecular complexity index is 399. The van der Waals surface area contributed by atoms with Crippen LogP contribution in [0.1, 0.15) is 48.9 Å². The van der Waals surface area contributed by atoms with Gasteiger partial charge in [-0.25, -0.2) is 0 Å². The third-order valence-corrected chi connectivity index (χ3v) is 3.70. The van der Waals surface area contributed by atoms with E-state index >= 15 is 0 Å². The van der Waals surface area contributed by atoms with Crippen molar-refractivity contribution in [3.63, 3.8) is 0 Å². The van der Waals surface area contributed by atoms with Gasteiger partial charge in [-0.1, -0.05) is 19.3 Å². The van der Waals surface area contributed by atoms with E-state index in [0.717, 1.165) is 17.7 Å². The summed E-state index contributed by atoms with van der Waals surface area (Å²) >= 11 is 0. The van der Waals surface area contributed by atoms with E-state index in [0.29, 0.717) is 12.0 Å². The van der Waals surface area contributed by atoms with Crippen LogP contribution in [-0.4, -0.2) is 11.9 Å². The summed E-state index contributed by atoms with van der Waals surface area (Å²) in [5.41, 5.74) is 0.833. The fourth-order valence-corrected chi connectivity index (χ4v) is 2.17. The zero-order valence-electron chi connectivity index (χ0n) is 10.0. The standard InChI is InChI=1S/C15H18O2/c16-15(10-11-2-1-3-11)12-4-6-13(7-5-12)17-14-8-9-14/h4-7,11,14H,1-3,8-10H2.